The number of aromatic nitrogens is 4. The summed E-state index contributed by atoms with van der Waals surface area (Å²) in [4.78, 5) is 16.7. The van der Waals surface area contributed by atoms with E-state index in [1.54, 1.807) is 13.1 Å². The van der Waals surface area contributed by atoms with Crippen LogP contribution in [-0.2, 0) is 32.7 Å². The van der Waals surface area contributed by atoms with Gasteiger partial charge in [0, 0.05) is 54.0 Å². The van der Waals surface area contributed by atoms with Crippen LogP contribution in [-0.4, -0.2) is 35.2 Å². The van der Waals surface area contributed by atoms with Gasteiger partial charge in [0.05, 0.1) is 15.4 Å². The second-order valence-corrected chi connectivity index (χ2v) is 11.2. The van der Waals surface area contributed by atoms with E-state index in [9.17, 15) is 23.3 Å². The van der Waals surface area contributed by atoms with Gasteiger partial charge in [-0.1, -0.05) is 27.7 Å². The Hall–Kier alpha value is -1.98. The number of pyridine rings is 1. The number of nitrogens with zero attached hydrogens (tertiary/aromatic N) is 5. The van der Waals surface area contributed by atoms with E-state index in [-0.39, 0.29) is 41.4 Å². The van der Waals surface area contributed by atoms with Crippen LogP contribution in [0.3, 0.4) is 0 Å². The van der Waals surface area contributed by atoms with Gasteiger partial charge in [0.2, 0.25) is 0 Å². The molecule has 2 heterocycles. The molecule has 0 aliphatic heterocycles. The van der Waals surface area contributed by atoms with Gasteiger partial charge >= 0.3 is 6.18 Å². The fourth-order valence-electron chi connectivity index (χ4n) is 3.07. The predicted octanol–water partition coefficient (Wildman–Crippen LogP) is 6.47. The number of thioether (sulfide) groups is 2. The molecule has 0 atom stereocenters. The van der Waals surface area contributed by atoms with Crippen LogP contribution < -0.4 is 0 Å². The molecule has 178 valence electrons. The summed E-state index contributed by atoms with van der Waals surface area (Å²) in [5.74, 6) is 1.14. The number of benzene rings is 1. The minimum Gasteiger partial charge on any atom is -0.309 e. The second kappa shape index (κ2) is 10.7. The monoisotopic (exact) mass is 561 g/mol. The minimum atomic E-state index is -4.52. The van der Waals surface area contributed by atoms with E-state index in [1.165, 1.54) is 34.2 Å². The van der Waals surface area contributed by atoms with Gasteiger partial charge in [0.25, 0.3) is 5.69 Å². The van der Waals surface area contributed by atoms with Crippen molar-refractivity contribution in [1.29, 1.82) is 0 Å². The van der Waals surface area contributed by atoms with Crippen molar-refractivity contribution in [3.8, 4) is 22.9 Å². The maximum Gasteiger partial charge on any atom is 0.416 e. The Kier molecular flexibility index (Phi) is 8.93. The van der Waals surface area contributed by atoms with E-state index in [0.29, 0.717) is 22.0 Å². The maximum absolute atomic E-state index is 13.1. The number of nitro groups is 1. The van der Waals surface area contributed by atoms with Gasteiger partial charge < -0.3 is 4.57 Å². The molecule has 0 saturated carbocycles. The average molecular weight is 563 g/mol. The number of halogens is 3. The normalized spacial score (nSPS) is 11.9. The Labute approximate surface area is 216 Å². The van der Waals surface area contributed by atoms with Crippen molar-refractivity contribution in [2.45, 2.75) is 48.4 Å². The molecule has 3 aromatic rings. The molecule has 34 heavy (non-hydrogen) atoms. The first kappa shape index (κ1) is 28.3. The molecule has 13 heteroatoms. The van der Waals surface area contributed by atoms with Gasteiger partial charge in [-0.3, -0.25) is 15.1 Å². The third-order valence-electron chi connectivity index (χ3n) is 4.41. The zero-order chi connectivity index (χ0) is 24.6. The van der Waals surface area contributed by atoms with Gasteiger partial charge in [-0.05, 0) is 24.0 Å². The third kappa shape index (κ3) is 6.37. The first-order chi connectivity index (χ1) is 15.3. The van der Waals surface area contributed by atoms with E-state index >= 15 is 0 Å². The van der Waals surface area contributed by atoms with Crippen molar-refractivity contribution in [3.05, 3.63) is 46.1 Å². The fraction of sp³-hybridized carbons (Fsp3) is 0.381. The summed E-state index contributed by atoms with van der Waals surface area (Å²) >= 11 is 2.89. The van der Waals surface area contributed by atoms with Crippen LogP contribution in [0.2, 0.25) is 0 Å². The summed E-state index contributed by atoms with van der Waals surface area (Å²) < 4.78 is 40.6. The van der Waals surface area contributed by atoms with Gasteiger partial charge in [0.1, 0.15) is 5.69 Å². The Morgan fingerprint density at radius 1 is 1.09 bits per heavy atom. The van der Waals surface area contributed by atoms with Crippen molar-refractivity contribution in [2.75, 3.05) is 5.75 Å². The summed E-state index contributed by atoms with van der Waals surface area (Å²) in [5, 5.41) is 20.0. The molecule has 0 bridgehead atoms. The maximum atomic E-state index is 13.1. The molecular formula is C21H22F3N5O2S2Zn. The van der Waals surface area contributed by atoms with Gasteiger partial charge in [-0.2, -0.15) is 13.2 Å². The summed E-state index contributed by atoms with van der Waals surface area (Å²) in [7, 11) is 1.59. The number of hydrogen-bond donors (Lipinski definition) is 0. The van der Waals surface area contributed by atoms with Crippen LogP contribution >= 0.6 is 23.5 Å². The number of hydrogen-bond acceptors (Lipinski definition) is 7. The predicted molar refractivity (Wildman–Crippen MR) is 123 cm³/mol. The quantitative estimate of drug-likeness (QED) is 0.147. The molecule has 0 aliphatic carbocycles. The van der Waals surface area contributed by atoms with Crippen LogP contribution in [0.25, 0.3) is 22.9 Å². The molecule has 0 radical (unpaired) electrons. The molecule has 0 N–H and O–H groups in total. The standard InChI is InChI=1S/C21H22F3N5O2S2.Zn/c1-6-32-16-11-17(33-20(2,3)4)15(29(30)31)10-13(16)18-26-27-19(28(18)5)14-9-12(7-8-25-14)21(22,23)24;/h7-11H,6H2,1-5H3;. The van der Waals surface area contributed by atoms with E-state index in [1.807, 2.05) is 27.7 Å². The molecule has 0 aliphatic rings. The SMILES string of the molecule is CCSc1cc(SC(C)(C)C)c([N+](=O)[O-])cc1-c1nnc(-c2cc(C(F)(F)F)ccn2)n1C.[Zn]. The number of nitro benzene ring substituents is 1. The van der Waals surface area contributed by atoms with E-state index in [4.69, 9.17) is 0 Å². The molecule has 3 rings (SSSR count). The molecule has 0 unspecified atom stereocenters. The van der Waals surface area contributed by atoms with Gasteiger partial charge in [-0.15, -0.1) is 33.7 Å². The van der Waals surface area contributed by atoms with Crippen molar-refractivity contribution < 1.29 is 37.6 Å². The second-order valence-electron chi connectivity index (χ2n) is 8.05. The van der Waals surface area contributed by atoms with Crippen LogP contribution in [0.4, 0.5) is 18.9 Å². The molecule has 1 aromatic carbocycles. The van der Waals surface area contributed by atoms with Crippen molar-refractivity contribution in [1.82, 2.24) is 19.7 Å². The largest absolute Gasteiger partial charge is 0.416 e. The molecule has 0 fully saturated rings. The first-order valence-corrected chi connectivity index (χ1v) is 11.7. The molecule has 2 aromatic heterocycles. The molecular weight excluding hydrogens is 541 g/mol. The zero-order valence-electron chi connectivity index (χ0n) is 19.3. The first-order valence-electron chi connectivity index (χ1n) is 9.89. The molecule has 0 saturated heterocycles. The zero-order valence-corrected chi connectivity index (χ0v) is 23.9. The van der Waals surface area contributed by atoms with E-state index in [2.05, 4.69) is 15.2 Å². The van der Waals surface area contributed by atoms with Crippen LogP contribution in [0.5, 0.6) is 0 Å². The molecule has 0 amide bonds. The summed E-state index contributed by atoms with van der Waals surface area (Å²) in [6.45, 7) is 7.87. The smallest absolute Gasteiger partial charge is 0.309 e. The Balaban J connectivity index is 0.00000408. The van der Waals surface area contributed by atoms with Crippen LogP contribution in [0, 0.1) is 10.1 Å². The van der Waals surface area contributed by atoms with E-state index < -0.39 is 16.7 Å². The molecule has 0 spiro atoms. The molecule has 7 nitrogen and oxygen atoms in total. The van der Waals surface area contributed by atoms with Crippen molar-refractivity contribution in [2.24, 2.45) is 7.05 Å². The van der Waals surface area contributed by atoms with E-state index in [0.717, 1.165) is 23.2 Å². The topological polar surface area (TPSA) is 86.7 Å². The van der Waals surface area contributed by atoms with Gasteiger partial charge in [-0.25, -0.2) is 0 Å². The summed E-state index contributed by atoms with van der Waals surface area (Å²) in [6, 6.07) is 5.01. The van der Waals surface area contributed by atoms with Crippen molar-refractivity contribution in [3.63, 3.8) is 0 Å². The minimum absolute atomic E-state index is 0. The van der Waals surface area contributed by atoms with Crippen LogP contribution in [0.1, 0.15) is 33.3 Å². The number of alkyl halides is 3. The Morgan fingerprint density at radius 2 is 1.74 bits per heavy atom. The average Bonchev–Trinajstić information content (AvgIpc) is 3.07. The summed E-state index contributed by atoms with van der Waals surface area (Å²) in [5.41, 5.74) is -0.421. The van der Waals surface area contributed by atoms with Gasteiger partial charge in [0.15, 0.2) is 11.6 Å². The number of rotatable bonds is 6. The Bertz CT molecular complexity index is 1200. The Morgan fingerprint density at radius 3 is 2.29 bits per heavy atom. The van der Waals surface area contributed by atoms with Crippen molar-refractivity contribution >= 4 is 29.2 Å². The summed E-state index contributed by atoms with van der Waals surface area (Å²) in [6.07, 6.45) is -3.46. The third-order valence-corrected chi connectivity index (χ3v) is 6.50. The van der Waals surface area contributed by atoms with Crippen LogP contribution in [0.15, 0.2) is 40.3 Å². The fourth-order valence-corrected chi connectivity index (χ4v) is 5.04.